The van der Waals surface area contributed by atoms with Crippen LogP contribution in [0.5, 0.6) is 5.75 Å². The lowest BCUT2D eigenvalue weighted by atomic mass is 10.2. The van der Waals surface area contributed by atoms with Crippen LogP contribution < -0.4 is 14.4 Å². The zero-order valence-corrected chi connectivity index (χ0v) is 20.1. The molecule has 0 aliphatic heterocycles. The molecule has 9 heteroatoms. The van der Waals surface area contributed by atoms with E-state index in [4.69, 9.17) is 27.9 Å². The van der Waals surface area contributed by atoms with E-state index in [1.54, 1.807) is 61.5 Å². The number of rotatable bonds is 7. The van der Waals surface area contributed by atoms with E-state index in [1.807, 2.05) is 6.92 Å². The number of methoxy groups -OCH3 is 1. The van der Waals surface area contributed by atoms with Crippen LogP contribution in [-0.2, 0) is 14.8 Å². The van der Waals surface area contributed by atoms with Crippen molar-refractivity contribution in [1.29, 1.82) is 0 Å². The number of anilines is 2. The number of nitrogens with one attached hydrogen (secondary N) is 1. The maximum atomic E-state index is 13.7. The highest BCUT2D eigenvalue weighted by molar-refractivity contribution is 7.93. The number of ether oxygens (including phenoxy) is 1. The van der Waals surface area contributed by atoms with Crippen molar-refractivity contribution < 1.29 is 17.9 Å². The monoisotopic (exact) mass is 492 g/mol. The number of hydrogen-bond acceptors (Lipinski definition) is 4. The summed E-state index contributed by atoms with van der Waals surface area (Å²) in [5, 5.41) is 3.11. The lowest BCUT2D eigenvalue weighted by Gasteiger charge is -2.25. The number of para-hydroxylation sites is 1. The molecular formula is C23H22Cl2N2O4S. The van der Waals surface area contributed by atoms with E-state index in [0.717, 1.165) is 15.4 Å². The normalized spacial score (nSPS) is 11.2. The number of nitrogens with zero attached hydrogens (tertiary/aromatic N) is 1. The highest BCUT2D eigenvalue weighted by atomic mass is 35.5. The van der Waals surface area contributed by atoms with Gasteiger partial charge in [-0.05, 0) is 55.8 Å². The van der Waals surface area contributed by atoms with Crippen LogP contribution in [0.15, 0.2) is 65.6 Å². The molecule has 1 N–H and O–H groups in total. The highest BCUT2D eigenvalue weighted by Crippen LogP contribution is 2.32. The molecule has 1 amide bonds. The number of carbonyl (C=O) groups is 1. The molecule has 0 bridgehead atoms. The number of sulfonamides is 1. The molecule has 0 saturated carbocycles. The molecule has 0 spiro atoms. The standard InChI is InChI=1S/C23H22Cl2N2O4S/c1-15-7-10-17(11-8-15)27(14-22(28)26-23-18(24)5-4-6-19(23)25)32(29,30)21-13-16(2)9-12-20(21)31-3/h4-13H,14H2,1-3H3,(H,26,28). The lowest BCUT2D eigenvalue weighted by Crippen LogP contribution is -2.38. The SMILES string of the molecule is COc1ccc(C)cc1S(=O)(=O)N(CC(=O)Nc1c(Cl)cccc1Cl)c1ccc(C)cc1. The van der Waals surface area contributed by atoms with Gasteiger partial charge in [0.25, 0.3) is 10.0 Å². The predicted molar refractivity (Wildman–Crippen MR) is 129 cm³/mol. The van der Waals surface area contributed by atoms with Gasteiger partial charge >= 0.3 is 0 Å². The summed E-state index contributed by atoms with van der Waals surface area (Å²) in [5.74, 6) is -0.418. The van der Waals surface area contributed by atoms with Crippen molar-refractivity contribution in [3.63, 3.8) is 0 Å². The van der Waals surface area contributed by atoms with Crippen molar-refractivity contribution >= 4 is 50.5 Å². The fourth-order valence-electron chi connectivity index (χ4n) is 3.06. The Hall–Kier alpha value is -2.74. The van der Waals surface area contributed by atoms with Crippen molar-refractivity contribution in [2.75, 3.05) is 23.3 Å². The second kappa shape index (κ2) is 9.81. The maximum absolute atomic E-state index is 13.7. The van der Waals surface area contributed by atoms with E-state index in [2.05, 4.69) is 5.32 Å². The van der Waals surface area contributed by atoms with Crippen molar-refractivity contribution in [1.82, 2.24) is 0 Å². The van der Waals surface area contributed by atoms with Gasteiger partial charge in [0, 0.05) is 0 Å². The fourth-order valence-corrected chi connectivity index (χ4v) is 5.21. The van der Waals surface area contributed by atoms with Crippen LogP contribution in [0.2, 0.25) is 10.0 Å². The van der Waals surface area contributed by atoms with Gasteiger partial charge in [0.1, 0.15) is 17.2 Å². The van der Waals surface area contributed by atoms with Crippen molar-refractivity contribution in [3.05, 3.63) is 81.8 Å². The molecule has 6 nitrogen and oxygen atoms in total. The van der Waals surface area contributed by atoms with E-state index in [1.165, 1.54) is 13.2 Å². The third-order valence-electron chi connectivity index (χ3n) is 4.72. The first-order valence-electron chi connectivity index (χ1n) is 9.61. The minimum atomic E-state index is -4.16. The Kier molecular flexibility index (Phi) is 7.33. The minimum absolute atomic E-state index is 0.0378. The van der Waals surface area contributed by atoms with Crippen LogP contribution in [0.3, 0.4) is 0 Å². The molecule has 0 saturated heterocycles. The van der Waals surface area contributed by atoms with E-state index in [0.29, 0.717) is 5.69 Å². The molecule has 0 aliphatic rings. The van der Waals surface area contributed by atoms with Crippen LogP contribution in [0.4, 0.5) is 11.4 Å². The maximum Gasteiger partial charge on any atom is 0.268 e. The van der Waals surface area contributed by atoms with Gasteiger partial charge in [-0.3, -0.25) is 9.10 Å². The number of carbonyl (C=O) groups excluding carboxylic acids is 1. The number of hydrogen-bond donors (Lipinski definition) is 1. The molecule has 168 valence electrons. The van der Waals surface area contributed by atoms with E-state index in [9.17, 15) is 13.2 Å². The quantitative estimate of drug-likeness (QED) is 0.475. The van der Waals surface area contributed by atoms with Gasteiger partial charge in [-0.2, -0.15) is 0 Å². The molecule has 0 aromatic heterocycles. The van der Waals surface area contributed by atoms with Gasteiger partial charge in [0.2, 0.25) is 5.91 Å². The van der Waals surface area contributed by atoms with Gasteiger partial charge < -0.3 is 10.1 Å². The first-order chi connectivity index (χ1) is 15.1. The predicted octanol–water partition coefficient (Wildman–Crippen LogP) is 5.45. The van der Waals surface area contributed by atoms with Crippen LogP contribution in [0, 0.1) is 13.8 Å². The van der Waals surface area contributed by atoms with E-state index >= 15 is 0 Å². The summed E-state index contributed by atoms with van der Waals surface area (Å²) in [4.78, 5) is 12.9. The lowest BCUT2D eigenvalue weighted by molar-refractivity contribution is -0.114. The van der Waals surface area contributed by atoms with Gasteiger partial charge in [0.05, 0.1) is 28.5 Å². The Morgan fingerprint density at radius 1 is 0.969 bits per heavy atom. The molecule has 3 aromatic rings. The Balaban J connectivity index is 2.04. The Labute approximate surface area is 197 Å². The summed E-state index contributed by atoms with van der Waals surface area (Å²) in [6.07, 6.45) is 0. The molecular weight excluding hydrogens is 471 g/mol. The zero-order valence-electron chi connectivity index (χ0n) is 17.7. The van der Waals surface area contributed by atoms with Crippen LogP contribution >= 0.6 is 23.2 Å². The smallest absolute Gasteiger partial charge is 0.268 e. The molecule has 0 aliphatic carbocycles. The molecule has 3 rings (SSSR count). The third-order valence-corrected chi connectivity index (χ3v) is 7.15. The largest absolute Gasteiger partial charge is 0.495 e. The molecule has 0 atom stereocenters. The van der Waals surface area contributed by atoms with Crippen LogP contribution in [0.25, 0.3) is 0 Å². The number of benzene rings is 3. The second-order valence-corrected chi connectivity index (χ2v) is 9.79. The summed E-state index contributed by atoms with van der Waals surface area (Å²) in [5.41, 5.74) is 2.24. The third kappa shape index (κ3) is 5.18. The van der Waals surface area contributed by atoms with E-state index < -0.39 is 22.5 Å². The number of halogens is 2. The van der Waals surface area contributed by atoms with Gasteiger partial charge in [-0.15, -0.1) is 0 Å². The van der Waals surface area contributed by atoms with Crippen molar-refractivity contribution in [2.24, 2.45) is 0 Å². The first-order valence-corrected chi connectivity index (χ1v) is 11.8. The van der Waals surface area contributed by atoms with Gasteiger partial charge in [0.15, 0.2) is 0 Å². The number of aryl methyl sites for hydroxylation is 2. The van der Waals surface area contributed by atoms with Gasteiger partial charge in [-0.1, -0.05) is 53.0 Å². The summed E-state index contributed by atoms with van der Waals surface area (Å²) < 4.78 is 33.7. The van der Waals surface area contributed by atoms with Crippen molar-refractivity contribution in [3.8, 4) is 5.75 Å². The highest BCUT2D eigenvalue weighted by Gasteiger charge is 2.30. The zero-order chi connectivity index (χ0) is 23.5. The van der Waals surface area contributed by atoms with E-state index in [-0.39, 0.29) is 26.4 Å². The topological polar surface area (TPSA) is 75.7 Å². The number of amides is 1. The molecule has 0 fully saturated rings. The fraction of sp³-hybridized carbons (Fsp3) is 0.174. The van der Waals surface area contributed by atoms with Crippen molar-refractivity contribution in [2.45, 2.75) is 18.7 Å². The van der Waals surface area contributed by atoms with Gasteiger partial charge in [-0.25, -0.2) is 8.42 Å². The average molecular weight is 493 g/mol. The summed E-state index contributed by atoms with van der Waals surface area (Å²) >= 11 is 12.3. The minimum Gasteiger partial charge on any atom is -0.495 e. The summed E-state index contributed by atoms with van der Waals surface area (Å²) in [6, 6.07) is 16.5. The molecule has 3 aromatic carbocycles. The molecule has 0 heterocycles. The molecule has 0 unspecified atom stereocenters. The Morgan fingerprint density at radius 3 is 2.16 bits per heavy atom. The summed E-state index contributed by atoms with van der Waals surface area (Å²) in [6.45, 7) is 3.17. The average Bonchev–Trinajstić information content (AvgIpc) is 2.75. The molecule has 0 radical (unpaired) electrons. The molecule has 32 heavy (non-hydrogen) atoms. The van der Waals surface area contributed by atoms with Crippen LogP contribution in [0.1, 0.15) is 11.1 Å². The Bertz CT molecular complexity index is 1230. The van der Waals surface area contributed by atoms with Crippen LogP contribution in [-0.4, -0.2) is 28.0 Å². The first kappa shape index (κ1) is 23.9. The second-order valence-electron chi connectivity index (χ2n) is 7.15. The Morgan fingerprint density at radius 2 is 1.56 bits per heavy atom. The summed E-state index contributed by atoms with van der Waals surface area (Å²) in [7, 11) is -2.76.